The zero-order valence-electron chi connectivity index (χ0n) is 15.5. The van der Waals surface area contributed by atoms with E-state index < -0.39 is 0 Å². The lowest BCUT2D eigenvalue weighted by Crippen LogP contribution is -2.46. The molecule has 1 heterocycles. The van der Waals surface area contributed by atoms with Crippen LogP contribution in [0, 0.1) is 11.8 Å². The number of nitrogens with one attached hydrogen (secondary N) is 1. The predicted molar refractivity (Wildman–Crippen MR) is 105 cm³/mol. The Morgan fingerprint density at radius 3 is 2.58 bits per heavy atom. The van der Waals surface area contributed by atoms with Gasteiger partial charge < -0.3 is 20.5 Å². The van der Waals surface area contributed by atoms with Crippen molar-refractivity contribution in [3.05, 3.63) is 29.8 Å². The first-order valence-corrected chi connectivity index (χ1v) is 9.38. The van der Waals surface area contributed by atoms with Gasteiger partial charge in [0.2, 0.25) is 5.91 Å². The van der Waals surface area contributed by atoms with Crippen LogP contribution in [-0.2, 0) is 14.9 Å². The number of ether oxygens (including phenoxy) is 2. The number of amides is 1. The second-order valence-corrected chi connectivity index (χ2v) is 7.37. The second-order valence-electron chi connectivity index (χ2n) is 7.37. The summed E-state index contributed by atoms with van der Waals surface area (Å²) in [7, 11) is 1.68. The first-order chi connectivity index (χ1) is 12.2. The molecule has 0 radical (unpaired) electrons. The molecule has 1 saturated carbocycles. The SMILES string of the molecule is COc1ccc(C2(CNC(=O)[C@@H]3CCC[C@@H]3CN)CCOCC2)cc1.Cl. The van der Waals surface area contributed by atoms with E-state index in [9.17, 15) is 4.79 Å². The van der Waals surface area contributed by atoms with Crippen LogP contribution in [0.3, 0.4) is 0 Å². The molecule has 1 aromatic rings. The van der Waals surface area contributed by atoms with Gasteiger partial charge in [-0.2, -0.15) is 0 Å². The number of benzene rings is 1. The lowest BCUT2D eigenvalue weighted by molar-refractivity contribution is -0.126. The number of hydrogen-bond acceptors (Lipinski definition) is 4. The molecule has 0 aromatic heterocycles. The van der Waals surface area contributed by atoms with Crippen LogP contribution in [0.5, 0.6) is 5.75 Å². The molecule has 0 spiro atoms. The molecule has 3 rings (SSSR count). The maximum absolute atomic E-state index is 12.7. The van der Waals surface area contributed by atoms with Crippen LogP contribution in [0.25, 0.3) is 0 Å². The Balaban J connectivity index is 0.00000243. The van der Waals surface area contributed by atoms with Gasteiger partial charge in [-0.1, -0.05) is 18.6 Å². The number of carbonyl (C=O) groups excluding carboxylic acids is 1. The number of rotatable bonds is 6. The number of halogens is 1. The molecule has 6 heteroatoms. The van der Waals surface area contributed by atoms with Crippen molar-refractivity contribution in [2.24, 2.45) is 17.6 Å². The molecule has 0 unspecified atom stereocenters. The van der Waals surface area contributed by atoms with Gasteiger partial charge in [0.15, 0.2) is 0 Å². The van der Waals surface area contributed by atoms with Crippen molar-refractivity contribution in [1.29, 1.82) is 0 Å². The van der Waals surface area contributed by atoms with Gasteiger partial charge in [-0.25, -0.2) is 0 Å². The van der Waals surface area contributed by atoms with Crippen LogP contribution in [0.1, 0.15) is 37.7 Å². The third kappa shape index (κ3) is 4.51. The summed E-state index contributed by atoms with van der Waals surface area (Å²) < 4.78 is 10.9. The van der Waals surface area contributed by atoms with Crippen LogP contribution in [-0.4, -0.2) is 39.3 Å². The summed E-state index contributed by atoms with van der Waals surface area (Å²) in [5.74, 6) is 1.45. The van der Waals surface area contributed by atoms with E-state index in [-0.39, 0.29) is 29.6 Å². The van der Waals surface area contributed by atoms with Crippen LogP contribution in [0.15, 0.2) is 24.3 Å². The van der Waals surface area contributed by atoms with Crippen molar-refractivity contribution >= 4 is 18.3 Å². The Morgan fingerprint density at radius 2 is 1.96 bits per heavy atom. The van der Waals surface area contributed by atoms with Crippen LogP contribution < -0.4 is 15.8 Å². The topological polar surface area (TPSA) is 73.6 Å². The smallest absolute Gasteiger partial charge is 0.223 e. The Labute approximate surface area is 162 Å². The highest BCUT2D eigenvalue weighted by Gasteiger charge is 2.37. The number of carbonyl (C=O) groups is 1. The first kappa shape index (κ1) is 21.0. The highest BCUT2D eigenvalue weighted by molar-refractivity contribution is 5.85. The molecular weight excluding hydrogens is 352 g/mol. The Hall–Kier alpha value is -1.30. The lowest BCUT2D eigenvalue weighted by Gasteiger charge is -2.38. The zero-order valence-corrected chi connectivity index (χ0v) is 16.4. The molecule has 1 aliphatic carbocycles. The normalized spacial score (nSPS) is 24.5. The number of nitrogens with two attached hydrogens (primary N) is 1. The molecule has 3 N–H and O–H groups in total. The molecule has 5 nitrogen and oxygen atoms in total. The van der Waals surface area contributed by atoms with Gasteiger partial charge in [0, 0.05) is 31.1 Å². The average Bonchev–Trinajstić information content (AvgIpc) is 3.16. The fourth-order valence-electron chi connectivity index (χ4n) is 4.33. The molecule has 2 aliphatic rings. The summed E-state index contributed by atoms with van der Waals surface area (Å²) in [4.78, 5) is 12.7. The molecule has 2 fully saturated rings. The molecule has 1 aliphatic heterocycles. The van der Waals surface area contributed by atoms with Gasteiger partial charge in [0.05, 0.1) is 7.11 Å². The molecular formula is C20H31ClN2O3. The Morgan fingerprint density at radius 1 is 1.27 bits per heavy atom. The van der Waals surface area contributed by atoms with E-state index in [1.165, 1.54) is 5.56 Å². The first-order valence-electron chi connectivity index (χ1n) is 9.38. The minimum atomic E-state index is -0.0585. The van der Waals surface area contributed by atoms with Crippen molar-refractivity contribution in [2.75, 3.05) is 33.4 Å². The molecule has 1 amide bonds. The largest absolute Gasteiger partial charge is 0.497 e. The van der Waals surface area contributed by atoms with Crippen molar-refractivity contribution in [3.8, 4) is 5.75 Å². The van der Waals surface area contributed by atoms with Crippen LogP contribution >= 0.6 is 12.4 Å². The molecule has 26 heavy (non-hydrogen) atoms. The lowest BCUT2D eigenvalue weighted by atomic mass is 9.74. The van der Waals surface area contributed by atoms with E-state index >= 15 is 0 Å². The maximum Gasteiger partial charge on any atom is 0.223 e. The quantitative estimate of drug-likeness (QED) is 0.793. The highest BCUT2D eigenvalue weighted by atomic mass is 35.5. The fourth-order valence-corrected chi connectivity index (χ4v) is 4.33. The number of methoxy groups -OCH3 is 1. The summed E-state index contributed by atoms with van der Waals surface area (Å²) >= 11 is 0. The third-order valence-electron chi connectivity index (χ3n) is 6.05. The van der Waals surface area contributed by atoms with E-state index in [0.717, 1.165) is 51.1 Å². The van der Waals surface area contributed by atoms with Gasteiger partial charge in [0.25, 0.3) is 0 Å². The monoisotopic (exact) mass is 382 g/mol. The minimum Gasteiger partial charge on any atom is -0.497 e. The van der Waals surface area contributed by atoms with E-state index in [2.05, 4.69) is 17.4 Å². The summed E-state index contributed by atoms with van der Waals surface area (Å²) in [6.07, 6.45) is 4.99. The minimum absolute atomic E-state index is 0. The molecule has 2 atom stereocenters. The standard InChI is InChI=1S/C20H30N2O3.ClH/c1-24-17-7-5-16(6-8-17)20(9-11-25-12-10-20)14-22-19(23)18-4-2-3-15(18)13-21;/h5-8,15,18H,2-4,9-14,21H2,1H3,(H,22,23);1H/t15-,18-;/m1./s1. The maximum atomic E-state index is 12.7. The van der Waals surface area contributed by atoms with Gasteiger partial charge in [-0.3, -0.25) is 4.79 Å². The van der Waals surface area contributed by atoms with E-state index in [4.69, 9.17) is 15.2 Å². The van der Waals surface area contributed by atoms with Crippen molar-refractivity contribution in [2.45, 2.75) is 37.5 Å². The fraction of sp³-hybridized carbons (Fsp3) is 0.650. The van der Waals surface area contributed by atoms with Crippen molar-refractivity contribution in [3.63, 3.8) is 0 Å². The summed E-state index contributed by atoms with van der Waals surface area (Å²) in [6, 6.07) is 8.23. The molecule has 1 aromatic carbocycles. The number of hydrogen-bond donors (Lipinski definition) is 2. The van der Waals surface area contributed by atoms with Crippen LogP contribution in [0.4, 0.5) is 0 Å². The molecule has 146 valence electrons. The Bertz CT molecular complexity index is 573. The summed E-state index contributed by atoms with van der Waals surface area (Å²) in [6.45, 7) is 2.73. The van der Waals surface area contributed by atoms with Gasteiger partial charge in [-0.15, -0.1) is 12.4 Å². The highest BCUT2D eigenvalue weighted by Crippen LogP contribution is 2.36. The predicted octanol–water partition coefficient (Wildman–Crippen LogP) is 2.66. The summed E-state index contributed by atoms with van der Waals surface area (Å²) in [5.41, 5.74) is 7.03. The van der Waals surface area contributed by atoms with Crippen molar-refractivity contribution in [1.82, 2.24) is 5.32 Å². The van der Waals surface area contributed by atoms with E-state index in [1.807, 2.05) is 12.1 Å². The second kappa shape index (κ2) is 9.58. The zero-order chi connectivity index (χ0) is 17.7. The van der Waals surface area contributed by atoms with E-state index in [1.54, 1.807) is 7.11 Å². The van der Waals surface area contributed by atoms with Gasteiger partial charge in [0.1, 0.15) is 5.75 Å². The van der Waals surface area contributed by atoms with E-state index in [0.29, 0.717) is 19.0 Å². The van der Waals surface area contributed by atoms with Crippen LogP contribution in [0.2, 0.25) is 0 Å². The van der Waals surface area contributed by atoms with Gasteiger partial charge in [-0.05, 0) is 55.8 Å². The molecule has 0 bridgehead atoms. The van der Waals surface area contributed by atoms with Gasteiger partial charge >= 0.3 is 0 Å². The van der Waals surface area contributed by atoms with Crippen molar-refractivity contribution < 1.29 is 14.3 Å². The summed E-state index contributed by atoms with van der Waals surface area (Å²) in [5, 5.41) is 3.25. The average molecular weight is 383 g/mol. The molecule has 1 saturated heterocycles. The third-order valence-corrected chi connectivity index (χ3v) is 6.05. The Kier molecular flexibility index (Phi) is 7.74.